The van der Waals surface area contributed by atoms with E-state index in [0.717, 1.165) is 5.69 Å². The molecule has 1 N–H and O–H groups in total. The lowest BCUT2D eigenvalue weighted by Gasteiger charge is -2.05. The van der Waals surface area contributed by atoms with E-state index in [0.29, 0.717) is 16.4 Å². The molecule has 0 aliphatic carbocycles. The molecule has 0 atom stereocenters. The summed E-state index contributed by atoms with van der Waals surface area (Å²) in [5.41, 5.74) is 1.06. The highest BCUT2D eigenvalue weighted by Crippen LogP contribution is 2.16. The first kappa shape index (κ1) is 11.5. The van der Waals surface area contributed by atoms with Crippen molar-refractivity contribution in [1.82, 2.24) is 15.2 Å². The number of halogens is 1. The number of aromatic nitrogens is 3. The Balaban J connectivity index is 2.21. The molecular weight excluding hydrogens is 240 g/mol. The summed E-state index contributed by atoms with van der Waals surface area (Å²) in [4.78, 5) is 15.9. The van der Waals surface area contributed by atoms with Gasteiger partial charge in [0.2, 0.25) is 0 Å². The van der Waals surface area contributed by atoms with Crippen LogP contribution in [0.4, 0.5) is 5.82 Å². The molecule has 0 aromatic carbocycles. The second-order valence-electron chi connectivity index (χ2n) is 3.37. The lowest BCUT2D eigenvalue weighted by Crippen LogP contribution is -2.14. The first-order valence-corrected chi connectivity index (χ1v) is 5.26. The van der Waals surface area contributed by atoms with Gasteiger partial charge in [-0.2, -0.15) is 5.10 Å². The first-order valence-electron chi connectivity index (χ1n) is 4.88. The zero-order valence-electron chi connectivity index (χ0n) is 9.01. The lowest BCUT2D eigenvalue weighted by atomic mass is 10.2. The highest BCUT2D eigenvalue weighted by Gasteiger charge is 2.11. The Morgan fingerprint density at radius 3 is 2.94 bits per heavy atom. The lowest BCUT2D eigenvalue weighted by molar-refractivity contribution is 0.102. The van der Waals surface area contributed by atoms with E-state index in [1.165, 1.54) is 12.4 Å². The Labute approximate surface area is 103 Å². The van der Waals surface area contributed by atoms with Gasteiger partial charge in [-0.1, -0.05) is 11.6 Å². The molecule has 0 aliphatic heterocycles. The first-order chi connectivity index (χ1) is 8.16. The number of amides is 1. The molecular formula is C11H9ClN4O. The number of aryl methyl sites for hydroxylation is 1. The quantitative estimate of drug-likeness (QED) is 0.884. The van der Waals surface area contributed by atoms with Crippen LogP contribution in [0.3, 0.4) is 0 Å². The standard InChI is InChI=1S/C11H9ClN4O/c1-7-5-9(12)8(6-13-7)11(17)15-10-3-2-4-14-16-10/h2-6H,1H3,(H,15,16,17). The van der Waals surface area contributed by atoms with Gasteiger partial charge in [0.25, 0.3) is 5.91 Å². The van der Waals surface area contributed by atoms with Crippen LogP contribution in [-0.2, 0) is 0 Å². The molecule has 0 unspecified atom stereocenters. The number of hydrogen-bond donors (Lipinski definition) is 1. The van der Waals surface area contributed by atoms with Crippen LogP contribution in [0.5, 0.6) is 0 Å². The highest BCUT2D eigenvalue weighted by molar-refractivity contribution is 6.34. The summed E-state index contributed by atoms with van der Waals surface area (Å²) in [7, 11) is 0. The van der Waals surface area contributed by atoms with Crippen LogP contribution in [0.15, 0.2) is 30.6 Å². The van der Waals surface area contributed by atoms with Crippen molar-refractivity contribution in [2.75, 3.05) is 5.32 Å². The Hall–Kier alpha value is -2.01. The number of carbonyl (C=O) groups is 1. The number of anilines is 1. The van der Waals surface area contributed by atoms with Crippen molar-refractivity contribution < 1.29 is 4.79 Å². The SMILES string of the molecule is Cc1cc(Cl)c(C(=O)Nc2cccnn2)cn1. The van der Waals surface area contributed by atoms with Crippen molar-refractivity contribution in [3.8, 4) is 0 Å². The number of carbonyl (C=O) groups excluding carboxylic acids is 1. The molecule has 1 amide bonds. The van der Waals surface area contributed by atoms with Crippen molar-refractivity contribution >= 4 is 23.3 Å². The van der Waals surface area contributed by atoms with Gasteiger partial charge in [-0.15, -0.1) is 5.10 Å². The minimum Gasteiger partial charge on any atom is -0.305 e. The van der Waals surface area contributed by atoms with Crippen molar-refractivity contribution in [3.63, 3.8) is 0 Å². The molecule has 0 radical (unpaired) electrons. The fourth-order valence-electron chi connectivity index (χ4n) is 1.25. The summed E-state index contributed by atoms with van der Waals surface area (Å²) < 4.78 is 0. The summed E-state index contributed by atoms with van der Waals surface area (Å²) in [6.45, 7) is 1.80. The van der Waals surface area contributed by atoms with E-state index < -0.39 is 0 Å². The molecule has 5 nitrogen and oxygen atoms in total. The van der Waals surface area contributed by atoms with E-state index in [-0.39, 0.29) is 5.91 Å². The molecule has 0 bridgehead atoms. The molecule has 0 spiro atoms. The smallest absolute Gasteiger partial charge is 0.259 e. The maximum atomic E-state index is 11.8. The molecule has 2 aromatic heterocycles. The Bertz CT molecular complexity index is 544. The number of rotatable bonds is 2. The van der Waals surface area contributed by atoms with Gasteiger partial charge in [0, 0.05) is 18.1 Å². The van der Waals surface area contributed by atoms with E-state index >= 15 is 0 Å². The minimum absolute atomic E-state index is 0.308. The third-order valence-electron chi connectivity index (χ3n) is 2.05. The number of pyridine rings is 1. The molecule has 2 heterocycles. The van der Waals surface area contributed by atoms with E-state index in [1.807, 2.05) is 0 Å². The second kappa shape index (κ2) is 4.88. The second-order valence-corrected chi connectivity index (χ2v) is 3.78. The summed E-state index contributed by atoms with van der Waals surface area (Å²) in [6, 6.07) is 4.95. The number of nitrogens with one attached hydrogen (secondary N) is 1. The fourth-order valence-corrected chi connectivity index (χ4v) is 1.54. The number of hydrogen-bond acceptors (Lipinski definition) is 4. The Morgan fingerprint density at radius 2 is 2.29 bits per heavy atom. The summed E-state index contributed by atoms with van der Waals surface area (Å²) in [5, 5.41) is 10.3. The van der Waals surface area contributed by atoms with Gasteiger partial charge in [-0.05, 0) is 25.1 Å². The molecule has 6 heteroatoms. The normalized spacial score (nSPS) is 10.0. The molecule has 0 aliphatic rings. The van der Waals surface area contributed by atoms with E-state index in [1.54, 1.807) is 25.1 Å². The predicted octanol–water partition coefficient (Wildman–Crippen LogP) is 2.09. The largest absolute Gasteiger partial charge is 0.305 e. The zero-order chi connectivity index (χ0) is 12.3. The predicted molar refractivity (Wildman–Crippen MR) is 64.0 cm³/mol. The molecule has 0 fully saturated rings. The van der Waals surface area contributed by atoms with Gasteiger partial charge in [0.05, 0.1) is 10.6 Å². The van der Waals surface area contributed by atoms with Gasteiger partial charge >= 0.3 is 0 Å². The van der Waals surface area contributed by atoms with Crippen LogP contribution in [0, 0.1) is 6.92 Å². The van der Waals surface area contributed by atoms with Crippen molar-refractivity contribution in [1.29, 1.82) is 0 Å². The zero-order valence-corrected chi connectivity index (χ0v) is 9.77. The highest BCUT2D eigenvalue weighted by atomic mass is 35.5. The average Bonchev–Trinajstić information content (AvgIpc) is 2.30. The Morgan fingerprint density at radius 1 is 1.47 bits per heavy atom. The van der Waals surface area contributed by atoms with Crippen LogP contribution in [0.1, 0.15) is 16.1 Å². The average molecular weight is 249 g/mol. The monoisotopic (exact) mass is 248 g/mol. The fraction of sp³-hybridized carbons (Fsp3) is 0.0909. The van der Waals surface area contributed by atoms with Gasteiger partial charge in [0.15, 0.2) is 5.82 Å². The van der Waals surface area contributed by atoms with Crippen LogP contribution >= 0.6 is 11.6 Å². The summed E-state index contributed by atoms with van der Waals surface area (Å²) >= 11 is 5.95. The minimum atomic E-state index is -0.358. The molecule has 2 rings (SSSR count). The van der Waals surface area contributed by atoms with Crippen LogP contribution in [-0.4, -0.2) is 21.1 Å². The topological polar surface area (TPSA) is 67.8 Å². The molecule has 0 saturated heterocycles. The van der Waals surface area contributed by atoms with Crippen molar-refractivity contribution in [2.24, 2.45) is 0 Å². The van der Waals surface area contributed by atoms with Gasteiger partial charge < -0.3 is 5.32 Å². The van der Waals surface area contributed by atoms with Gasteiger partial charge in [0.1, 0.15) is 0 Å². The van der Waals surface area contributed by atoms with Crippen LogP contribution < -0.4 is 5.32 Å². The summed E-state index contributed by atoms with van der Waals surface area (Å²) in [6.07, 6.45) is 2.96. The van der Waals surface area contributed by atoms with E-state index in [9.17, 15) is 4.79 Å². The van der Waals surface area contributed by atoms with E-state index in [4.69, 9.17) is 11.6 Å². The molecule has 0 saturated carbocycles. The van der Waals surface area contributed by atoms with Gasteiger partial charge in [-0.3, -0.25) is 9.78 Å². The molecule has 17 heavy (non-hydrogen) atoms. The molecule has 86 valence electrons. The number of nitrogens with zero attached hydrogens (tertiary/aromatic N) is 3. The third kappa shape index (κ3) is 2.76. The maximum Gasteiger partial charge on any atom is 0.259 e. The van der Waals surface area contributed by atoms with Crippen molar-refractivity contribution in [2.45, 2.75) is 6.92 Å². The summed E-state index contributed by atoms with van der Waals surface area (Å²) in [5.74, 6) is 0.0112. The van der Waals surface area contributed by atoms with Gasteiger partial charge in [-0.25, -0.2) is 0 Å². The Kier molecular flexibility index (Phi) is 3.30. The van der Waals surface area contributed by atoms with Crippen LogP contribution in [0.2, 0.25) is 5.02 Å². The molecule has 2 aromatic rings. The van der Waals surface area contributed by atoms with E-state index in [2.05, 4.69) is 20.5 Å². The maximum absolute atomic E-state index is 11.8. The van der Waals surface area contributed by atoms with Crippen LogP contribution in [0.25, 0.3) is 0 Å². The van der Waals surface area contributed by atoms with Crippen molar-refractivity contribution in [3.05, 3.63) is 46.9 Å². The third-order valence-corrected chi connectivity index (χ3v) is 2.36.